The summed E-state index contributed by atoms with van der Waals surface area (Å²) in [4.78, 5) is 42.0. The molecule has 6 aromatic rings. The first kappa shape index (κ1) is 34.3. The Balaban J connectivity index is 0.000000156. The van der Waals surface area contributed by atoms with E-state index in [1.807, 2.05) is 66.7 Å². The number of nitrogens with zero attached hydrogens (tertiary/aromatic N) is 6. The van der Waals surface area contributed by atoms with Crippen LogP contribution in [0.15, 0.2) is 99.3 Å². The molecule has 0 aliphatic carbocycles. The molecule has 240 valence electrons. The van der Waals surface area contributed by atoms with Gasteiger partial charge in [-0.25, -0.2) is 19.9 Å². The molecule has 0 saturated carbocycles. The van der Waals surface area contributed by atoms with Crippen LogP contribution in [-0.2, 0) is 13.1 Å². The average Bonchev–Trinajstić information content (AvgIpc) is 3.67. The molecule has 0 fully saturated rings. The lowest BCUT2D eigenvalue weighted by Gasteiger charge is -2.07. The van der Waals surface area contributed by atoms with Crippen LogP contribution in [0.25, 0.3) is 21.8 Å². The summed E-state index contributed by atoms with van der Waals surface area (Å²) in [7, 11) is 0. The summed E-state index contributed by atoms with van der Waals surface area (Å²) in [6.07, 6.45) is 10.4. The fraction of sp³-hybridized carbons (Fsp3) is 0.211. The predicted molar refractivity (Wildman–Crippen MR) is 195 cm³/mol. The molecule has 10 heteroatoms. The van der Waals surface area contributed by atoms with Crippen LogP contribution < -0.4 is 11.1 Å². The molecule has 6 heterocycles. The van der Waals surface area contributed by atoms with Gasteiger partial charge in [0.25, 0.3) is 11.1 Å². The molecule has 2 unspecified atom stereocenters. The molecule has 0 bridgehead atoms. The lowest BCUT2D eigenvalue weighted by molar-refractivity contribution is 0.695. The number of benzene rings is 2. The summed E-state index contributed by atoms with van der Waals surface area (Å²) >= 11 is 3.40. The Hall–Kier alpha value is -5.09. The number of rotatable bonds is 0. The van der Waals surface area contributed by atoms with E-state index in [0.717, 1.165) is 64.3 Å². The zero-order valence-corrected chi connectivity index (χ0v) is 28.8. The largest absolute Gasteiger partial charge is 0.296 e. The molecule has 4 aromatic heterocycles. The Morgan fingerprint density at radius 2 is 1.27 bits per heavy atom. The van der Waals surface area contributed by atoms with E-state index in [0.29, 0.717) is 28.3 Å². The maximum Gasteiger partial charge on any atom is 0.261 e. The Morgan fingerprint density at radius 3 is 1.79 bits per heavy atom. The van der Waals surface area contributed by atoms with Crippen LogP contribution in [0.4, 0.5) is 0 Å². The maximum absolute atomic E-state index is 12.5. The standard InChI is InChI=1S/C19H15N3O.C12H11BrN2O.C7H5N.ClH/c1-13-9-11-22-18(13)21-17-12-14(6-8-16(17)19(22)23)5-7-15-4-2-3-10-20-15;1-7-4-5-15-11(7)14-10-6-8(13)2-3-9(10)12(15)16;1-2-7-5-3-4-6-8-7;/h2-4,6,8,10,12-13H,9,11H2,1H3;2-3,6-7H,4-5H2,1H3;1,3-6H;1H. The van der Waals surface area contributed by atoms with Gasteiger partial charge in [-0.2, -0.15) is 0 Å². The van der Waals surface area contributed by atoms with Crippen molar-refractivity contribution in [3.05, 3.63) is 139 Å². The monoisotopic (exact) mass is 718 g/mol. The van der Waals surface area contributed by atoms with Crippen LogP contribution in [-0.4, -0.2) is 29.1 Å². The van der Waals surface area contributed by atoms with Gasteiger partial charge in [-0.15, -0.1) is 18.8 Å². The van der Waals surface area contributed by atoms with Crippen molar-refractivity contribution < 1.29 is 0 Å². The van der Waals surface area contributed by atoms with Gasteiger partial charge in [0.05, 0.1) is 21.8 Å². The molecule has 48 heavy (non-hydrogen) atoms. The Bertz CT molecular complexity index is 2320. The van der Waals surface area contributed by atoms with Gasteiger partial charge in [0.2, 0.25) is 0 Å². The van der Waals surface area contributed by atoms with E-state index in [2.05, 4.69) is 62.5 Å². The van der Waals surface area contributed by atoms with Gasteiger partial charge < -0.3 is 0 Å². The van der Waals surface area contributed by atoms with E-state index >= 15 is 0 Å². The second kappa shape index (κ2) is 15.2. The third-order valence-corrected chi connectivity index (χ3v) is 8.69. The highest BCUT2D eigenvalue weighted by molar-refractivity contribution is 9.10. The van der Waals surface area contributed by atoms with Crippen molar-refractivity contribution in [2.24, 2.45) is 0 Å². The molecule has 0 N–H and O–H groups in total. The molecule has 2 atom stereocenters. The summed E-state index contributed by atoms with van der Waals surface area (Å²) in [6.45, 7) is 5.80. The number of halogens is 2. The van der Waals surface area contributed by atoms with Crippen molar-refractivity contribution in [1.82, 2.24) is 29.1 Å². The lowest BCUT2D eigenvalue weighted by Crippen LogP contribution is -2.21. The molecule has 0 spiro atoms. The van der Waals surface area contributed by atoms with E-state index < -0.39 is 0 Å². The predicted octanol–water partition coefficient (Wildman–Crippen LogP) is 6.85. The third-order valence-electron chi connectivity index (χ3n) is 8.20. The normalized spacial score (nSPS) is 15.3. The smallest absolute Gasteiger partial charge is 0.261 e. The van der Waals surface area contributed by atoms with Crippen molar-refractivity contribution in [2.45, 2.75) is 51.6 Å². The van der Waals surface area contributed by atoms with Gasteiger partial charge in [-0.05, 0) is 79.4 Å². The molecular weight excluding hydrogens is 688 g/mol. The first-order valence-electron chi connectivity index (χ1n) is 15.4. The summed E-state index contributed by atoms with van der Waals surface area (Å²) in [6, 6.07) is 22.3. The maximum atomic E-state index is 12.5. The number of fused-ring (bicyclic) bond motifs is 4. The van der Waals surface area contributed by atoms with E-state index in [1.54, 1.807) is 27.6 Å². The summed E-state index contributed by atoms with van der Waals surface area (Å²) in [5, 5.41) is 1.37. The summed E-state index contributed by atoms with van der Waals surface area (Å²) in [5.41, 5.74) is 3.92. The van der Waals surface area contributed by atoms with E-state index in [1.165, 1.54) is 0 Å². The van der Waals surface area contributed by atoms with Crippen molar-refractivity contribution in [3.63, 3.8) is 0 Å². The highest BCUT2D eigenvalue weighted by Gasteiger charge is 2.23. The van der Waals surface area contributed by atoms with E-state index in [9.17, 15) is 9.59 Å². The van der Waals surface area contributed by atoms with E-state index in [-0.39, 0.29) is 23.5 Å². The Labute approximate surface area is 292 Å². The van der Waals surface area contributed by atoms with Crippen LogP contribution in [0, 0.1) is 24.2 Å². The topological polar surface area (TPSA) is 95.6 Å². The second-order valence-corrected chi connectivity index (χ2v) is 12.4. The van der Waals surface area contributed by atoms with Crippen LogP contribution in [0.2, 0.25) is 0 Å². The minimum absolute atomic E-state index is 0. The third kappa shape index (κ3) is 7.39. The van der Waals surface area contributed by atoms with Gasteiger partial charge in [0.1, 0.15) is 23.0 Å². The highest BCUT2D eigenvalue weighted by Crippen LogP contribution is 2.27. The van der Waals surface area contributed by atoms with Crippen molar-refractivity contribution in [1.29, 1.82) is 0 Å². The molecule has 2 aliphatic rings. The number of aromatic nitrogens is 6. The van der Waals surface area contributed by atoms with Gasteiger partial charge in [-0.3, -0.25) is 18.7 Å². The lowest BCUT2D eigenvalue weighted by atomic mass is 10.1. The van der Waals surface area contributed by atoms with Crippen LogP contribution in [0.1, 0.15) is 67.1 Å². The van der Waals surface area contributed by atoms with Gasteiger partial charge >= 0.3 is 0 Å². The quantitative estimate of drug-likeness (QED) is 0.160. The minimum Gasteiger partial charge on any atom is -0.296 e. The SMILES string of the molecule is C#Cc1ccccn1.CC1CCn2c1nc1cc(Br)ccc1c2=O.CC1CCn2c1nc1cc(C#Cc3ccccn3)ccc1c2=O.Cl. The summed E-state index contributed by atoms with van der Waals surface area (Å²) < 4.78 is 4.56. The van der Waals surface area contributed by atoms with Gasteiger partial charge in [-0.1, -0.05) is 53.8 Å². The highest BCUT2D eigenvalue weighted by atomic mass is 79.9. The molecule has 2 aliphatic heterocycles. The van der Waals surface area contributed by atoms with Crippen molar-refractivity contribution >= 4 is 50.1 Å². The molecule has 2 aromatic carbocycles. The van der Waals surface area contributed by atoms with E-state index in [4.69, 9.17) is 11.4 Å². The molecule has 0 amide bonds. The first-order valence-corrected chi connectivity index (χ1v) is 16.2. The zero-order chi connectivity index (χ0) is 32.9. The Morgan fingerprint density at radius 1 is 0.729 bits per heavy atom. The molecule has 0 saturated heterocycles. The Kier molecular flexibility index (Phi) is 10.9. The number of terminal acetylenes is 1. The number of hydrogen-bond donors (Lipinski definition) is 0. The summed E-state index contributed by atoms with van der Waals surface area (Å²) in [5.74, 6) is 11.1. The molecule has 8 rings (SSSR count). The molecular formula is C38H32BrClN6O2. The minimum atomic E-state index is 0. The fourth-order valence-electron chi connectivity index (χ4n) is 5.64. The molecule has 8 nitrogen and oxygen atoms in total. The number of hydrogen-bond acceptors (Lipinski definition) is 6. The first-order chi connectivity index (χ1) is 22.8. The van der Waals surface area contributed by atoms with Crippen molar-refractivity contribution in [3.8, 4) is 24.2 Å². The fourth-order valence-corrected chi connectivity index (χ4v) is 5.99. The van der Waals surface area contributed by atoms with Crippen LogP contribution in [0.3, 0.4) is 0 Å². The average molecular weight is 720 g/mol. The van der Waals surface area contributed by atoms with Crippen LogP contribution in [0.5, 0.6) is 0 Å². The van der Waals surface area contributed by atoms with Crippen LogP contribution >= 0.6 is 28.3 Å². The molecule has 0 radical (unpaired) electrons. The second-order valence-electron chi connectivity index (χ2n) is 11.5. The van der Waals surface area contributed by atoms with Crippen molar-refractivity contribution in [2.75, 3.05) is 0 Å². The number of pyridine rings is 2. The van der Waals surface area contributed by atoms with Gasteiger partial charge in [0.15, 0.2) is 0 Å². The van der Waals surface area contributed by atoms with Gasteiger partial charge in [0, 0.05) is 47.4 Å². The zero-order valence-electron chi connectivity index (χ0n) is 26.4.